The molecule has 1 aliphatic rings. The van der Waals surface area contributed by atoms with Crippen LogP contribution in [0.3, 0.4) is 0 Å². The highest BCUT2D eigenvalue weighted by Crippen LogP contribution is 2.14. The molecule has 72 valence electrons. The summed E-state index contributed by atoms with van der Waals surface area (Å²) in [5.74, 6) is 0. The van der Waals surface area contributed by atoms with E-state index in [1.807, 2.05) is 31.2 Å². The Hall–Kier alpha value is -1.97. The van der Waals surface area contributed by atoms with Crippen LogP contribution in [0.2, 0.25) is 0 Å². The zero-order chi connectivity index (χ0) is 9.97. The van der Waals surface area contributed by atoms with Crippen molar-refractivity contribution in [3.05, 3.63) is 42.2 Å². The van der Waals surface area contributed by atoms with E-state index in [0.29, 0.717) is 0 Å². The molecular formula is C10H11N3O. The number of benzene rings is 1. The fourth-order valence-corrected chi connectivity index (χ4v) is 1.29. The topological polar surface area (TPSA) is 44.4 Å². The summed E-state index contributed by atoms with van der Waals surface area (Å²) in [4.78, 5) is 11.0. The smallest absolute Gasteiger partial charge is 0.312 e. The van der Waals surface area contributed by atoms with Gasteiger partial charge in [-0.05, 0) is 24.6 Å². The third kappa shape index (κ3) is 1.69. The molecule has 4 nitrogen and oxygen atoms in total. The summed E-state index contributed by atoms with van der Waals surface area (Å²) < 4.78 is 0. The number of hydrazine groups is 1. The maximum Gasteiger partial charge on any atom is 0.337 e. The lowest BCUT2D eigenvalue weighted by Crippen LogP contribution is -2.46. The molecule has 0 unspecified atom stereocenters. The summed E-state index contributed by atoms with van der Waals surface area (Å²) in [6.45, 7) is 2.01. The molecule has 0 atom stereocenters. The largest absolute Gasteiger partial charge is 0.337 e. The van der Waals surface area contributed by atoms with Gasteiger partial charge in [0.1, 0.15) is 0 Å². The van der Waals surface area contributed by atoms with Gasteiger partial charge in [-0.25, -0.2) is 10.2 Å². The minimum Gasteiger partial charge on any atom is -0.312 e. The number of urea groups is 1. The van der Waals surface area contributed by atoms with E-state index in [1.54, 1.807) is 17.4 Å². The van der Waals surface area contributed by atoms with Crippen LogP contribution in [0, 0.1) is 6.92 Å². The number of nitrogens with one attached hydrogen (secondary N) is 2. The molecule has 0 aromatic heterocycles. The average molecular weight is 189 g/mol. The van der Waals surface area contributed by atoms with Crippen LogP contribution in [0.15, 0.2) is 36.7 Å². The number of hydrogen-bond acceptors (Lipinski definition) is 2. The Morgan fingerprint density at radius 1 is 1.36 bits per heavy atom. The molecule has 2 N–H and O–H groups in total. The van der Waals surface area contributed by atoms with Gasteiger partial charge in [0.15, 0.2) is 0 Å². The van der Waals surface area contributed by atoms with E-state index in [0.717, 1.165) is 11.3 Å². The van der Waals surface area contributed by atoms with Gasteiger partial charge >= 0.3 is 6.03 Å². The Morgan fingerprint density at radius 2 is 2.21 bits per heavy atom. The maximum absolute atomic E-state index is 11.0. The molecule has 2 amide bonds. The molecule has 1 aromatic carbocycles. The van der Waals surface area contributed by atoms with Crippen molar-refractivity contribution >= 4 is 11.7 Å². The monoisotopic (exact) mass is 189 g/mol. The molecule has 0 aliphatic carbocycles. The quantitative estimate of drug-likeness (QED) is 0.703. The van der Waals surface area contributed by atoms with Gasteiger partial charge in [-0.1, -0.05) is 12.1 Å². The van der Waals surface area contributed by atoms with E-state index in [2.05, 4.69) is 10.7 Å². The van der Waals surface area contributed by atoms with Crippen molar-refractivity contribution in [1.29, 1.82) is 0 Å². The molecule has 0 saturated carbocycles. The second-order valence-corrected chi connectivity index (χ2v) is 3.11. The first-order valence-electron chi connectivity index (χ1n) is 4.35. The molecule has 0 saturated heterocycles. The van der Waals surface area contributed by atoms with Gasteiger partial charge in [0, 0.05) is 12.4 Å². The van der Waals surface area contributed by atoms with Crippen LogP contribution < -0.4 is 15.8 Å². The van der Waals surface area contributed by atoms with E-state index in [4.69, 9.17) is 0 Å². The van der Waals surface area contributed by atoms with Crippen LogP contribution in [0.25, 0.3) is 0 Å². The molecule has 14 heavy (non-hydrogen) atoms. The molecule has 1 aromatic rings. The van der Waals surface area contributed by atoms with E-state index in [1.165, 1.54) is 0 Å². The lowest BCUT2D eigenvalue weighted by molar-refractivity contribution is 0.243. The summed E-state index contributed by atoms with van der Waals surface area (Å²) in [5.41, 5.74) is 4.75. The first-order chi connectivity index (χ1) is 6.75. The zero-order valence-corrected chi connectivity index (χ0v) is 7.82. The number of nitrogens with zero attached hydrogens (tertiary/aromatic N) is 1. The van der Waals surface area contributed by atoms with Crippen molar-refractivity contribution in [2.24, 2.45) is 0 Å². The molecule has 4 heteroatoms. The normalized spacial score (nSPS) is 14.9. The Bertz CT molecular complexity index is 387. The number of carbonyl (C=O) groups is 1. The SMILES string of the molecule is Cc1cccc(N2C=CNC(=O)N2)c1. The second kappa shape index (κ2) is 3.41. The van der Waals surface area contributed by atoms with Crippen molar-refractivity contribution in [3.63, 3.8) is 0 Å². The number of aryl methyl sites for hydroxylation is 1. The van der Waals surface area contributed by atoms with Gasteiger partial charge in [-0.2, -0.15) is 0 Å². The van der Waals surface area contributed by atoms with E-state index in [-0.39, 0.29) is 6.03 Å². The third-order valence-electron chi connectivity index (χ3n) is 1.94. The van der Waals surface area contributed by atoms with Gasteiger partial charge < -0.3 is 5.32 Å². The van der Waals surface area contributed by atoms with Gasteiger partial charge in [-0.15, -0.1) is 0 Å². The van der Waals surface area contributed by atoms with Crippen molar-refractivity contribution in [3.8, 4) is 0 Å². The molecule has 1 heterocycles. The highest BCUT2D eigenvalue weighted by Gasteiger charge is 2.10. The summed E-state index contributed by atoms with van der Waals surface area (Å²) in [7, 11) is 0. The molecule has 0 bridgehead atoms. The Morgan fingerprint density at radius 3 is 2.93 bits per heavy atom. The predicted octanol–water partition coefficient (Wildman–Crippen LogP) is 1.50. The summed E-state index contributed by atoms with van der Waals surface area (Å²) in [6, 6.07) is 7.66. The van der Waals surface area contributed by atoms with Crippen molar-refractivity contribution < 1.29 is 4.79 Å². The number of hydrogen-bond donors (Lipinski definition) is 2. The lowest BCUT2D eigenvalue weighted by atomic mass is 10.2. The molecule has 0 fully saturated rings. The Labute approximate surface area is 82.2 Å². The predicted molar refractivity (Wildman–Crippen MR) is 54.5 cm³/mol. The molecular weight excluding hydrogens is 178 g/mol. The Kier molecular flexibility index (Phi) is 2.10. The van der Waals surface area contributed by atoms with E-state index >= 15 is 0 Å². The van der Waals surface area contributed by atoms with Crippen LogP contribution in [-0.4, -0.2) is 6.03 Å². The lowest BCUT2D eigenvalue weighted by Gasteiger charge is -2.24. The van der Waals surface area contributed by atoms with Crippen LogP contribution >= 0.6 is 0 Å². The number of anilines is 1. The first kappa shape index (κ1) is 8.62. The standard InChI is InChI=1S/C10H11N3O/c1-8-3-2-4-9(7-8)13-6-5-11-10(14)12-13/h2-7H,1H3,(H2,11,12,14). The maximum atomic E-state index is 11.0. The van der Waals surface area contributed by atoms with Crippen molar-refractivity contribution in [2.45, 2.75) is 6.92 Å². The van der Waals surface area contributed by atoms with Gasteiger partial charge in [0.25, 0.3) is 0 Å². The third-order valence-corrected chi connectivity index (χ3v) is 1.94. The highest BCUT2D eigenvalue weighted by molar-refractivity contribution is 5.79. The highest BCUT2D eigenvalue weighted by atomic mass is 16.2. The molecule has 0 spiro atoms. The number of carbonyl (C=O) groups excluding carboxylic acids is 1. The second-order valence-electron chi connectivity index (χ2n) is 3.11. The number of amides is 2. The molecule has 1 aliphatic heterocycles. The van der Waals surface area contributed by atoms with Crippen LogP contribution in [-0.2, 0) is 0 Å². The van der Waals surface area contributed by atoms with Crippen LogP contribution in [0.4, 0.5) is 10.5 Å². The summed E-state index contributed by atoms with van der Waals surface area (Å²) >= 11 is 0. The summed E-state index contributed by atoms with van der Waals surface area (Å²) in [6.07, 6.45) is 3.36. The average Bonchev–Trinajstić information content (AvgIpc) is 2.18. The van der Waals surface area contributed by atoms with Gasteiger partial charge in [0.2, 0.25) is 0 Å². The van der Waals surface area contributed by atoms with Gasteiger partial charge in [-0.3, -0.25) is 5.01 Å². The zero-order valence-electron chi connectivity index (χ0n) is 7.82. The minimum absolute atomic E-state index is 0.228. The fraction of sp³-hybridized carbons (Fsp3) is 0.100. The van der Waals surface area contributed by atoms with Gasteiger partial charge in [0.05, 0.1) is 5.69 Å². The van der Waals surface area contributed by atoms with Crippen LogP contribution in [0.5, 0.6) is 0 Å². The van der Waals surface area contributed by atoms with Crippen LogP contribution in [0.1, 0.15) is 5.56 Å². The Balaban J connectivity index is 2.26. The summed E-state index contributed by atoms with van der Waals surface area (Å²) in [5, 5.41) is 4.20. The van der Waals surface area contributed by atoms with Crippen molar-refractivity contribution in [1.82, 2.24) is 10.7 Å². The number of rotatable bonds is 1. The minimum atomic E-state index is -0.228. The first-order valence-corrected chi connectivity index (χ1v) is 4.35. The van der Waals surface area contributed by atoms with Crippen molar-refractivity contribution in [2.75, 3.05) is 5.01 Å². The van der Waals surface area contributed by atoms with E-state index < -0.39 is 0 Å². The molecule has 2 rings (SSSR count). The fourth-order valence-electron chi connectivity index (χ4n) is 1.29. The van der Waals surface area contributed by atoms with E-state index in [9.17, 15) is 4.79 Å². The molecule has 0 radical (unpaired) electrons.